The molecule has 1 heterocycles. The molecule has 0 spiro atoms. The van der Waals surface area contributed by atoms with Gasteiger partial charge in [-0.15, -0.1) is 0 Å². The highest BCUT2D eigenvalue weighted by Crippen LogP contribution is 2.31. The van der Waals surface area contributed by atoms with Crippen molar-refractivity contribution < 1.29 is 8.42 Å². The molecule has 0 fully saturated rings. The number of hydrogen-bond acceptors (Lipinski definition) is 2. The summed E-state index contributed by atoms with van der Waals surface area (Å²) >= 11 is 0. The van der Waals surface area contributed by atoms with Gasteiger partial charge in [0.05, 0.1) is 10.9 Å². The lowest BCUT2D eigenvalue weighted by atomic mass is 9.97. The second kappa shape index (κ2) is 7.50. The third kappa shape index (κ3) is 3.97. The molecule has 3 aromatic carbocycles. The summed E-state index contributed by atoms with van der Waals surface area (Å²) in [7, 11) is -3.70. The minimum atomic E-state index is -3.70. The second-order valence-electron chi connectivity index (χ2n) is 7.57. The Morgan fingerprint density at radius 1 is 0.793 bits per heavy atom. The van der Waals surface area contributed by atoms with Crippen molar-refractivity contribution in [2.75, 3.05) is 0 Å². The van der Waals surface area contributed by atoms with Gasteiger partial charge in [-0.2, -0.15) is 4.72 Å². The second-order valence-corrected chi connectivity index (χ2v) is 9.29. The van der Waals surface area contributed by atoms with Crippen LogP contribution in [0, 0.1) is 20.8 Å². The molecule has 0 radical (unpaired) electrons. The maximum Gasteiger partial charge on any atom is 0.241 e. The number of aryl methyl sites for hydroxylation is 3. The van der Waals surface area contributed by atoms with Crippen LogP contribution in [-0.2, 0) is 10.0 Å². The summed E-state index contributed by atoms with van der Waals surface area (Å²) in [6.07, 6.45) is 1.90. The lowest BCUT2D eigenvalue weighted by Gasteiger charge is -2.20. The molecule has 0 saturated heterocycles. The summed E-state index contributed by atoms with van der Waals surface area (Å²) in [5, 5.41) is 1.02. The van der Waals surface area contributed by atoms with Crippen molar-refractivity contribution in [3.63, 3.8) is 0 Å². The molecular weight excluding hydrogens is 380 g/mol. The average molecular weight is 405 g/mol. The van der Waals surface area contributed by atoms with Gasteiger partial charge in [0, 0.05) is 17.1 Å². The molecule has 4 rings (SSSR count). The number of sulfonamides is 1. The lowest BCUT2D eigenvalue weighted by molar-refractivity contribution is 0.572. The zero-order valence-electron chi connectivity index (χ0n) is 16.7. The number of nitrogens with one attached hydrogen (secondary N) is 2. The molecule has 148 valence electrons. The number of rotatable bonds is 5. The van der Waals surface area contributed by atoms with E-state index in [1.54, 1.807) is 12.1 Å². The lowest BCUT2D eigenvalue weighted by Crippen LogP contribution is -2.29. The molecule has 4 aromatic rings. The van der Waals surface area contributed by atoms with E-state index in [1.807, 2.05) is 75.5 Å². The number of fused-ring (bicyclic) bond motifs is 1. The average Bonchev–Trinajstić information content (AvgIpc) is 3.10. The minimum absolute atomic E-state index is 0.260. The standard InChI is InChI=1S/C24H24N2O2S/c1-16-4-9-19(10-5-16)24(22-15-25-23-13-8-18(3)14-21(22)23)26-29(27,28)20-11-6-17(2)7-12-20/h4-15,24-26H,1-3H3/t24-/m1/s1. The molecule has 1 aromatic heterocycles. The van der Waals surface area contributed by atoms with Crippen molar-refractivity contribution >= 4 is 20.9 Å². The maximum atomic E-state index is 13.2. The molecule has 29 heavy (non-hydrogen) atoms. The predicted molar refractivity (Wildman–Crippen MR) is 118 cm³/mol. The summed E-state index contributed by atoms with van der Waals surface area (Å²) in [4.78, 5) is 3.54. The van der Waals surface area contributed by atoms with Gasteiger partial charge in [0.1, 0.15) is 0 Å². The predicted octanol–water partition coefficient (Wildman–Crippen LogP) is 5.16. The number of aromatic nitrogens is 1. The number of benzene rings is 3. The van der Waals surface area contributed by atoms with E-state index in [9.17, 15) is 8.42 Å². The SMILES string of the molecule is Cc1ccc([C@@H](NS(=O)(=O)c2ccc(C)cc2)c2c[nH]c3ccc(C)cc23)cc1. The smallest absolute Gasteiger partial charge is 0.241 e. The summed E-state index contributed by atoms with van der Waals surface area (Å²) in [6, 6.07) is 20.5. The van der Waals surface area contributed by atoms with E-state index in [2.05, 4.69) is 15.8 Å². The maximum absolute atomic E-state index is 13.2. The summed E-state index contributed by atoms with van der Waals surface area (Å²) < 4.78 is 29.3. The Hall–Kier alpha value is -2.89. The topological polar surface area (TPSA) is 62.0 Å². The highest BCUT2D eigenvalue weighted by molar-refractivity contribution is 7.89. The van der Waals surface area contributed by atoms with Crippen LogP contribution in [0.2, 0.25) is 0 Å². The van der Waals surface area contributed by atoms with Crippen LogP contribution in [0.15, 0.2) is 77.8 Å². The zero-order chi connectivity index (χ0) is 20.6. The van der Waals surface area contributed by atoms with Crippen molar-refractivity contribution in [2.45, 2.75) is 31.7 Å². The van der Waals surface area contributed by atoms with Gasteiger partial charge in [-0.25, -0.2) is 8.42 Å². The Labute approximate surface area is 171 Å². The van der Waals surface area contributed by atoms with Gasteiger partial charge in [0.15, 0.2) is 0 Å². The monoisotopic (exact) mass is 404 g/mol. The van der Waals surface area contributed by atoms with Gasteiger partial charge in [-0.05, 0) is 56.2 Å². The normalized spacial score (nSPS) is 12.9. The third-order valence-corrected chi connectivity index (χ3v) is 6.63. The van der Waals surface area contributed by atoms with Gasteiger partial charge in [-0.3, -0.25) is 0 Å². The molecule has 0 aliphatic carbocycles. The zero-order valence-corrected chi connectivity index (χ0v) is 17.5. The van der Waals surface area contributed by atoms with Crippen LogP contribution in [0.5, 0.6) is 0 Å². The van der Waals surface area contributed by atoms with Gasteiger partial charge in [0.2, 0.25) is 10.0 Å². The number of aromatic amines is 1. The van der Waals surface area contributed by atoms with Crippen molar-refractivity contribution in [3.8, 4) is 0 Å². The van der Waals surface area contributed by atoms with E-state index in [4.69, 9.17) is 0 Å². The number of H-pyrrole nitrogens is 1. The van der Waals surface area contributed by atoms with Gasteiger partial charge >= 0.3 is 0 Å². The minimum Gasteiger partial charge on any atom is -0.361 e. The Kier molecular flexibility index (Phi) is 5.03. The Bertz CT molecular complexity index is 1250. The largest absolute Gasteiger partial charge is 0.361 e. The van der Waals surface area contributed by atoms with Crippen LogP contribution in [0.3, 0.4) is 0 Å². The molecule has 0 bridgehead atoms. The van der Waals surface area contributed by atoms with Gasteiger partial charge < -0.3 is 4.98 Å². The Morgan fingerprint density at radius 2 is 1.38 bits per heavy atom. The highest BCUT2D eigenvalue weighted by Gasteiger charge is 2.25. The molecule has 0 aliphatic heterocycles. The molecule has 0 aliphatic rings. The van der Waals surface area contributed by atoms with Crippen molar-refractivity contribution in [1.29, 1.82) is 0 Å². The van der Waals surface area contributed by atoms with Crippen LogP contribution in [0.25, 0.3) is 10.9 Å². The van der Waals surface area contributed by atoms with Crippen LogP contribution < -0.4 is 4.72 Å². The molecule has 4 nitrogen and oxygen atoms in total. The van der Waals surface area contributed by atoms with Crippen LogP contribution in [0.4, 0.5) is 0 Å². The highest BCUT2D eigenvalue weighted by atomic mass is 32.2. The van der Waals surface area contributed by atoms with Gasteiger partial charge in [0.25, 0.3) is 0 Å². The molecular formula is C24H24N2O2S. The summed E-state index contributed by atoms with van der Waals surface area (Å²) in [5.74, 6) is 0. The van der Waals surface area contributed by atoms with E-state index in [-0.39, 0.29) is 4.90 Å². The molecule has 2 N–H and O–H groups in total. The van der Waals surface area contributed by atoms with E-state index in [0.29, 0.717) is 0 Å². The van der Waals surface area contributed by atoms with E-state index < -0.39 is 16.1 Å². The van der Waals surface area contributed by atoms with E-state index in [1.165, 1.54) is 0 Å². The van der Waals surface area contributed by atoms with E-state index >= 15 is 0 Å². The Balaban J connectivity index is 1.83. The fourth-order valence-electron chi connectivity index (χ4n) is 3.51. The molecule has 5 heteroatoms. The number of hydrogen-bond donors (Lipinski definition) is 2. The third-order valence-electron chi connectivity index (χ3n) is 5.20. The molecule has 1 atom stereocenters. The van der Waals surface area contributed by atoms with Crippen molar-refractivity contribution in [3.05, 3.63) is 101 Å². The van der Waals surface area contributed by atoms with Gasteiger partial charge in [-0.1, -0.05) is 59.2 Å². The van der Waals surface area contributed by atoms with Crippen molar-refractivity contribution in [1.82, 2.24) is 9.71 Å². The molecule has 0 amide bonds. The first-order valence-electron chi connectivity index (χ1n) is 9.57. The first kappa shape index (κ1) is 19.4. The van der Waals surface area contributed by atoms with Crippen LogP contribution in [-0.4, -0.2) is 13.4 Å². The summed E-state index contributed by atoms with van der Waals surface area (Å²) in [6.45, 7) is 5.99. The fraction of sp³-hybridized carbons (Fsp3) is 0.167. The van der Waals surface area contributed by atoms with Crippen molar-refractivity contribution in [2.24, 2.45) is 0 Å². The molecule has 0 saturated carbocycles. The van der Waals surface area contributed by atoms with E-state index in [0.717, 1.165) is 38.7 Å². The Morgan fingerprint density at radius 3 is 2.03 bits per heavy atom. The summed E-state index contributed by atoms with van der Waals surface area (Å²) in [5.41, 5.74) is 6.06. The van der Waals surface area contributed by atoms with Crippen LogP contribution >= 0.6 is 0 Å². The fourth-order valence-corrected chi connectivity index (χ4v) is 4.71. The first-order valence-corrected chi connectivity index (χ1v) is 11.0. The van der Waals surface area contributed by atoms with Crippen LogP contribution in [0.1, 0.15) is 33.9 Å². The quantitative estimate of drug-likeness (QED) is 0.482. The molecule has 0 unspecified atom stereocenters. The first-order chi connectivity index (χ1) is 13.8.